The van der Waals surface area contributed by atoms with Crippen LogP contribution in [-0.2, 0) is 11.2 Å². The van der Waals surface area contributed by atoms with Crippen molar-refractivity contribution < 1.29 is 9.59 Å². The second kappa shape index (κ2) is 9.26. The second-order valence-electron chi connectivity index (χ2n) is 8.05. The van der Waals surface area contributed by atoms with Gasteiger partial charge in [0.15, 0.2) is 0 Å². The molecule has 4 rings (SSSR count). The second-order valence-corrected chi connectivity index (χ2v) is 8.05. The van der Waals surface area contributed by atoms with Gasteiger partial charge in [-0.15, -0.1) is 0 Å². The lowest BCUT2D eigenvalue weighted by atomic mass is 10.1. The first kappa shape index (κ1) is 20.4. The molecule has 1 saturated heterocycles. The van der Waals surface area contributed by atoms with Crippen LogP contribution in [0, 0.1) is 0 Å². The van der Waals surface area contributed by atoms with Crippen LogP contribution in [0.3, 0.4) is 0 Å². The zero-order valence-electron chi connectivity index (χ0n) is 17.4. The van der Waals surface area contributed by atoms with Gasteiger partial charge in [-0.1, -0.05) is 55.1 Å². The lowest BCUT2D eigenvalue weighted by Gasteiger charge is -2.25. The number of carbonyl (C=O) groups is 2. The van der Waals surface area contributed by atoms with Crippen LogP contribution in [0.4, 0.5) is 0 Å². The SMILES string of the molecule is C=C1c2ccccc2C(=O)N1CC(=O)N1CCCN(CCCc2ccccc2)CC1. The average Bonchev–Trinajstić information content (AvgIpc) is 2.93. The Labute approximate surface area is 178 Å². The van der Waals surface area contributed by atoms with E-state index in [0.29, 0.717) is 17.8 Å². The number of carbonyl (C=O) groups excluding carboxylic acids is 2. The number of rotatable bonds is 6. The topological polar surface area (TPSA) is 43.9 Å². The summed E-state index contributed by atoms with van der Waals surface area (Å²) in [7, 11) is 0. The molecule has 2 aromatic rings. The Morgan fingerprint density at radius 3 is 2.40 bits per heavy atom. The summed E-state index contributed by atoms with van der Waals surface area (Å²) in [6.45, 7) is 8.52. The summed E-state index contributed by atoms with van der Waals surface area (Å²) in [5.41, 5.74) is 3.47. The fourth-order valence-corrected chi connectivity index (χ4v) is 4.33. The van der Waals surface area contributed by atoms with Gasteiger partial charge in [-0.3, -0.25) is 14.5 Å². The standard InChI is InChI=1S/C25H29N3O2/c1-20-22-12-5-6-13-23(22)25(30)28(20)19-24(29)27-16-8-15-26(17-18-27)14-7-11-21-9-3-2-4-10-21/h2-6,9-10,12-13H,1,7-8,11,14-19H2. The van der Waals surface area contributed by atoms with Gasteiger partial charge in [0.05, 0.1) is 0 Å². The molecule has 0 N–H and O–H groups in total. The van der Waals surface area contributed by atoms with Crippen LogP contribution in [0.1, 0.15) is 34.3 Å². The summed E-state index contributed by atoms with van der Waals surface area (Å²) in [6, 6.07) is 18.0. The summed E-state index contributed by atoms with van der Waals surface area (Å²) in [5.74, 6) is -0.121. The summed E-state index contributed by atoms with van der Waals surface area (Å²) < 4.78 is 0. The van der Waals surface area contributed by atoms with Gasteiger partial charge in [0.2, 0.25) is 5.91 Å². The van der Waals surface area contributed by atoms with Crippen molar-refractivity contribution >= 4 is 17.5 Å². The Kier molecular flexibility index (Phi) is 6.29. The lowest BCUT2D eigenvalue weighted by molar-refractivity contribution is -0.131. The van der Waals surface area contributed by atoms with Gasteiger partial charge in [-0.05, 0) is 44.0 Å². The Balaban J connectivity index is 1.27. The molecule has 156 valence electrons. The van der Waals surface area contributed by atoms with Crippen LogP contribution in [0.5, 0.6) is 0 Å². The minimum atomic E-state index is -0.124. The minimum Gasteiger partial charge on any atom is -0.340 e. The monoisotopic (exact) mass is 403 g/mol. The zero-order chi connectivity index (χ0) is 20.9. The third-order valence-electron chi connectivity index (χ3n) is 6.06. The Hall–Kier alpha value is -2.92. The summed E-state index contributed by atoms with van der Waals surface area (Å²) in [6.07, 6.45) is 3.17. The molecule has 2 aromatic carbocycles. The van der Waals surface area contributed by atoms with E-state index < -0.39 is 0 Å². The van der Waals surface area contributed by atoms with Crippen molar-refractivity contribution in [3.63, 3.8) is 0 Å². The number of aryl methyl sites for hydroxylation is 1. The first-order chi connectivity index (χ1) is 14.6. The van der Waals surface area contributed by atoms with E-state index in [4.69, 9.17) is 0 Å². The Morgan fingerprint density at radius 1 is 0.900 bits per heavy atom. The van der Waals surface area contributed by atoms with Crippen LogP contribution in [0.15, 0.2) is 61.2 Å². The highest BCUT2D eigenvalue weighted by Gasteiger charge is 2.33. The molecule has 0 unspecified atom stereocenters. The van der Waals surface area contributed by atoms with E-state index in [-0.39, 0.29) is 18.4 Å². The van der Waals surface area contributed by atoms with Crippen LogP contribution in [0.25, 0.3) is 5.70 Å². The van der Waals surface area contributed by atoms with Crippen LogP contribution >= 0.6 is 0 Å². The highest BCUT2D eigenvalue weighted by molar-refractivity contribution is 6.10. The molecular formula is C25H29N3O2. The van der Waals surface area contributed by atoms with E-state index >= 15 is 0 Å². The maximum absolute atomic E-state index is 12.9. The third-order valence-corrected chi connectivity index (χ3v) is 6.06. The maximum atomic E-state index is 12.9. The molecule has 2 amide bonds. The summed E-state index contributed by atoms with van der Waals surface area (Å²) >= 11 is 0. The molecule has 5 nitrogen and oxygen atoms in total. The van der Waals surface area contributed by atoms with E-state index in [1.165, 1.54) is 10.5 Å². The van der Waals surface area contributed by atoms with Gasteiger partial charge in [-0.2, -0.15) is 0 Å². The maximum Gasteiger partial charge on any atom is 0.259 e. The first-order valence-corrected chi connectivity index (χ1v) is 10.8. The van der Waals surface area contributed by atoms with Crippen LogP contribution in [0.2, 0.25) is 0 Å². The minimum absolute atomic E-state index is 0.00319. The van der Waals surface area contributed by atoms with E-state index in [2.05, 4.69) is 35.7 Å². The third kappa shape index (κ3) is 4.46. The smallest absolute Gasteiger partial charge is 0.259 e. The van der Waals surface area contributed by atoms with Crippen molar-refractivity contribution in [3.05, 3.63) is 77.9 Å². The van der Waals surface area contributed by atoms with Crippen molar-refractivity contribution in [2.24, 2.45) is 0 Å². The van der Waals surface area contributed by atoms with Crippen molar-refractivity contribution in [1.82, 2.24) is 14.7 Å². The number of hydrogen-bond donors (Lipinski definition) is 0. The van der Waals surface area contributed by atoms with E-state index in [1.807, 2.05) is 29.2 Å². The van der Waals surface area contributed by atoms with Gasteiger partial charge in [-0.25, -0.2) is 0 Å². The summed E-state index contributed by atoms with van der Waals surface area (Å²) in [4.78, 5) is 31.5. The molecule has 5 heteroatoms. The van der Waals surface area contributed by atoms with E-state index in [0.717, 1.165) is 51.0 Å². The highest BCUT2D eigenvalue weighted by atomic mass is 16.2. The van der Waals surface area contributed by atoms with Crippen LogP contribution < -0.4 is 0 Å². The number of hydrogen-bond acceptors (Lipinski definition) is 3. The number of fused-ring (bicyclic) bond motifs is 1. The fourth-order valence-electron chi connectivity index (χ4n) is 4.33. The molecule has 0 aromatic heterocycles. The molecule has 2 heterocycles. The van der Waals surface area contributed by atoms with Gasteiger partial charge < -0.3 is 9.80 Å². The number of nitrogens with zero attached hydrogens (tertiary/aromatic N) is 3. The highest BCUT2D eigenvalue weighted by Crippen LogP contribution is 2.30. The van der Waals surface area contributed by atoms with E-state index in [9.17, 15) is 9.59 Å². The molecule has 30 heavy (non-hydrogen) atoms. The predicted molar refractivity (Wildman–Crippen MR) is 119 cm³/mol. The molecule has 0 spiro atoms. The molecule has 2 aliphatic heterocycles. The molecule has 0 aliphatic carbocycles. The van der Waals surface area contributed by atoms with Gasteiger partial charge >= 0.3 is 0 Å². The Morgan fingerprint density at radius 2 is 1.63 bits per heavy atom. The summed E-state index contributed by atoms with van der Waals surface area (Å²) in [5, 5.41) is 0. The van der Waals surface area contributed by atoms with E-state index in [1.54, 1.807) is 6.07 Å². The van der Waals surface area contributed by atoms with Gasteiger partial charge in [0.1, 0.15) is 6.54 Å². The molecule has 0 saturated carbocycles. The normalized spacial score (nSPS) is 17.2. The molecule has 0 atom stereocenters. The van der Waals surface area contributed by atoms with Crippen molar-refractivity contribution in [3.8, 4) is 0 Å². The number of amides is 2. The fraction of sp³-hybridized carbons (Fsp3) is 0.360. The predicted octanol–water partition coefficient (Wildman–Crippen LogP) is 3.28. The first-order valence-electron chi connectivity index (χ1n) is 10.8. The van der Waals surface area contributed by atoms with Crippen molar-refractivity contribution in [2.75, 3.05) is 39.3 Å². The number of benzene rings is 2. The Bertz CT molecular complexity index is 890. The average molecular weight is 404 g/mol. The molecule has 0 radical (unpaired) electrons. The molecule has 0 bridgehead atoms. The molecular weight excluding hydrogens is 374 g/mol. The van der Waals surface area contributed by atoms with Crippen molar-refractivity contribution in [1.29, 1.82) is 0 Å². The largest absolute Gasteiger partial charge is 0.340 e. The van der Waals surface area contributed by atoms with Gasteiger partial charge in [0, 0.05) is 36.5 Å². The zero-order valence-corrected chi connectivity index (χ0v) is 17.4. The van der Waals surface area contributed by atoms with Crippen LogP contribution in [-0.4, -0.2) is 65.8 Å². The molecule has 2 aliphatic rings. The molecule has 1 fully saturated rings. The quantitative estimate of drug-likeness (QED) is 0.744. The lowest BCUT2D eigenvalue weighted by Crippen LogP contribution is -2.42. The van der Waals surface area contributed by atoms with Crippen molar-refractivity contribution in [2.45, 2.75) is 19.3 Å². The van der Waals surface area contributed by atoms with Gasteiger partial charge in [0.25, 0.3) is 5.91 Å².